The summed E-state index contributed by atoms with van der Waals surface area (Å²) in [6, 6.07) is 0. The lowest BCUT2D eigenvalue weighted by Crippen LogP contribution is -2.33. The first-order valence-corrected chi connectivity index (χ1v) is 3.12. The highest BCUT2D eigenvalue weighted by Gasteiger charge is 2.13. The third-order valence-corrected chi connectivity index (χ3v) is 1.39. The van der Waals surface area contributed by atoms with Gasteiger partial charge < -0.3 is 16.0 Å². The van der Waals surface area contributed by atoms with Crippen molar-refractivity contribution in [2.24, 2.45) is 5.73 Å². The molecule has 1 aliphatic rings. The predicted molar refractivity (Wildman–Crippen MR) is 36.4 cm³/mol. The number of hydrogen-bond acceptors (Lipinski definition) is 2. The molecular formula is C5H12N4. The molecule has 0 aliphatic carbocycles. The topological polar surface area (TPSA) is 65.1 Å². The summed E-state index contributed by atoms with van der Waals surface area (Å²) in [4.78, 5) is 1.93. The van der Waals surface area contributed by atoms with E-state index in [0.29, 0.717) is 12.5 Å². The maximum absolute atomic E-state index is 7.27. The lowest BCUT2D eigenvalue weighted by molar-refractivity contribution is 0.470. The smallest absolute Gasteiger partial charge is 0.191 e. The molecule has 0 saturated carbocycles. The molecule has 4 nitrogen and oxygen atoms in total. The second-order valence-electron chi connectivity index (χ2n) is 2.05. The van der Waals surface area contributed by atoms with Crippen molar-refractivity contribution >= 4 is 5.96 Å². The fourth-order valence-corrected chi connectivity index (χ4v) is 0.912. The van der Waals surface area contributed by atoms with Crippen molar-refractivity contribution in [3.8, 4) is 0 Å². The van der Waals surface area contributed by atoms with E-state index >= 15 is 0 Å². The highest BCUT2D eigenvalue weighted by molar-refractivity contribution is 5.78. The van der Waals surface area contributed by atoms with Crippen LogP contribution in [-0.2, 0) is 0 Å². The van der Waals surface area contributed by atoms with Crippen molar-refractivity contribution in [3.05, 3.63) is 0 Å². The molecule has 0 bridgehead atoms. The van der Waals surface area contributed by atoms with Gasteiger partial charge in [0.1, 0.15) is 0 Å². The largest absolute Gasteiger partial charge is 0.355 e. The van der Waals surface area contributed by atoms with Gasteiger partial charge in [-0.15, -0.1) is 0 Å². The molecule has 1 fully saturated rings. The van der Waals surface area contributed by atoms with Crippen LogP contribution in [0, 0.1) is 5.41 Å². The Morgan fingerprint density at radius 2 is 2.56 bits per heavy atom. The van der Waals surface area contributed by atoms with Crippen LogP contribution >= 0.6 is 0 Å². The number of rotatable bonds is 2. The Kier molecular flexibility index (Phi) is 1.89. The predicted octanol–water partition coefficient (Wildman–Crippen LogP) is -1.21. The van der Waals surface area contributed by atoms with Gasteiger partial charge >= 0.3 is 0 Å². The highest BCUT2D eigenvalue weighted by atomic mass is 15.3. The highest BCUT2D eigenvalue weighted by Crippen LogP contribution is 1.91. The number of nitrogens with one attached hydrogen (secondary N) is 2. The van der Waals surface area contributed by atoms with Crippen molar-refractivity contribution < 1.29 is 0 Å². The van der Waals surface area contributed by atoms with Crippen molar-refractivity contribution in [3.63, 3.8) is 0 Å². The van der Waals surface area contributed by atoms with Crippen LogP contribution in [0.25, 0.3) is 0 Å². The third kappa shape index (κ3) is 1.32. The fourth-order valence-electron chi connectivity index (χ4n) is 0.912. The molecule has 9 heavy (non-hydrogen) atoms. The van der Waals surface area contributed by atoms with Crippen molar-refractivity contribution in [2.45, 2.75) is 0 Å². The quantitative estimate of drug-likeness (QED) is 0.437. The van der Waals surface area contributed by atoms with Gasteiger partial charge in [-0.2, -0.15) is 0 Å². The minimum absolute atomic E-state index is 0.514. The second-order valence-corrected chi connectivity index (χ2v) is 2.05. The van der Waals surface area contributed by atoms with Crippen molar-refractivity contribution in [2.75, 3.05) is 26.2 Å². The number of nitrogens with two attached hydrogens (primary N) is 1. The molecule has 52 valence electrons. The Bertz CT molecular complexity index is 112. The van der Waals surface area contributed by atoms with Crippen LogP contribution in [0.2, 0.25) is 0 Å². The molecule has 4 heteroatoms. The van der Waals surface area contributed by atoms with Gasteiger partial charge in [0.2, 0.25) is 0 Å². The maximum Gasteiger partial charge on any atom is 0.191 e. The van der Waals surface area contributed by atoms with Crippen molar-refractivity contribution in [1.29, 1.82) is 5.41 Å². The zero-order valence-corrected chi connectivity index (χ0v) is 5.35. The summed E-state index contributed by atoms with van der Waals surface area (Å²) in [7, 11) is 0. The lowest BCUT2D eigenvalue weighted by Gasteiger charge is -2.13. The maximum atomic E-state index is 7.27. The summed E-state index contributed by atoms with van der Waals surface area (Å²) in [5, 5.41) is 10.2. The number of guanidine groups is 1. The van der Waals surface area contributed by atoms with Crippen LogP contribution in [-0.4, -0.2) is 37.0 Å². The molecule has 0 unspecified atom stereocenters. The van der Waals surface area contributed by atoms with Gasteiger partial charge in [-0.25, -0.2) is 0 Å². The molecule has 0 amide bonds. The van der Waals surface area contributed by atoms with Gasteiger partial charge in [0.25, 0.3) is 0 Å². The standard InChI is InChI=1S/C5H12N4/c6-1-3-9-4-2-8-5(9)7/h1-4,6H2,(H2,7,8). The van der Waals surface area contributed by atoms with E-state index in [2.05, 4.69) is 5.32 Å². The molecule has 1 saturated heterocycles. The molecule has 4 N–H and O–H groups in total. The number of nitrogens with zero attached hydrogens (tertiary/aromatic N) is 1. The first-order chi connectivity index (χ1) is 4.34. The summed E-state index contributed by atoms with van der Waals surface area (Å²) in [5.41, 5.74) is 5.30. The normalized spacial score (nSPS) is 18.3. The molecule has 1 rings (SSSR count). The Morgan fingerprint density at radius 1 is 1.78 bits per heavy atom. The fraction of sp³-hybridized carbons (Fsp3) is 0.800. The van der Waals surface area contributed by atoms with E-state index in [0.717, 1.165) is 19.6 Å². The molecule has 1 heterocycles. The molecule has 0 spiro atoms. The third-order valence-electron chi connectivity index (χ3n) is 1.39. The molecule has 0 atom stereocenters. The molecule has 0 radical (unpaired) electrons. The van der Waals surface area contributed by atoms with Gasteiger partial charge in [0.05, 0.1) is 0 Å². The summed E-state index contributed by atoms with van der Waals surface area (Å²) in [5.74, 6) is 0.514. The van der Waals surface area contributed by atoms with Crippen LogP contribution in [0.1, 0.15) is 0 Å². The van der Waals surface area contributed by atoms with Gasteiger partial charge in [0, 0.05) is 26.2 Å². The van der Waals surface area contributed by atoms with Crippen LogP contribution in [0.15, 0.2) is 0 Å². The first-order valence-electron chi connectivity index (χ1n) is 3.12. The summed E-state index contributed by atoms with van der Waals surface area (Å²) >= 11 is 0. The summed E-state index contributed by atoms with van der Waals surface area (Å²) in [6.45, 7) is 3.24. The van der Waals surface area contributed by atoms with Gasteiger partial charge in [-0.05, 0) is 0 Å². The Morgan fingerprint density at radius 3 is 3.00 bits per heavy atom. The van der Waals surface area contributed by atoms with E-state index < -0.39 is 0 Å². The van der Waals surface area contributed by atoms with Crippen molar-refractivity contribution in [1.82, 2.24) is 10.2 Å². The molecule has 1 aliphatic heterocycles. The van der Waals surface area contributed by atoms with Crippen LogP contribution < -0.4 is 11.1 Å². The van der Waals surface area contributed by atoms with Crippen LogP contribution in [0.5, 0.6) is 0 Å². The molecule has 0 aromatic carbocycles. The van der Waals surface area contributed by atoms with Crippen LogP contribution in [0.4, 0.5) is 0 Å². The minimum atomic E-state index is 0.514. The van der Waals surface area contributed by atoms with Gasteiger partial charge in [-0.3, -0.25) is 5.41 Å². The monoisotopic (exact) mass is 128 g/mol. The molecular weight excluding hydrogens is 116 g/mol. The van der Waals surface area contributed by atoms with E-state index in [-0.39, 0.29) is 0 Å². The van der Waals surface area contributed by atoms with E-state index in [1.165, 1.54) is 0 Å². The van der Waals surface area contributed by atoms with Crippen LogP contribution in [0.3, 0.4) is 0 Å². The van der Waals surface area contributed by atoms with Gasteiger partial charge in [-0.1, -0.05) is 0 Å². The Hall–Kier alpha value is -0.770. The lowest BCUT2D eigenvalue weighted by atomic mass is 10.5. The van der Waals surface area contributed by atoms with E-state index in [9.17, 15) is 0 Å². The second kappa shape index (κ2) is 2.68. The average molecular weight is 128 g/mol. The zero-order valence-electron chi connectivity index (χ0n) is 5.35. The SMILES string of the molecule is N=C1NCCN1CCN. The molecule has 0 aromatic heterocycles. The van der Waals surface area contributed by atoms with E-state index in [4.69, 9.17) is 11.1 Å². The number of hydrogen-bond donors (Lipinski definition) is 3. The van der Waals surface area contributed by atoms with E-state index in [1.54, 1.807) is 0 Å². The Labute approximate surface area is 54.5 Å². The molecule has 0 aromatic rings. The zero-order chi connectivity index (χ0) is 6.69. The Balaban J connectivity index is 2.31. The van der Waals surface area contributed by atoms with E-state index in [1.807, 2.05) is 4.90 Å². The minimum Gasteiger partial charge on any atom is -0.355 e. The summed E-state index contributed by atoms with van der Waals surface area (Å²) in [6.07, 6.45) is 0. The first kappa shape index (κ1) is 6.35. The summed E-state index contributed by atoms with van der Waals surface area (Å²) < 4.78 is 0. The average Bonchev–Trinajstić information content (AvgIpc) is 2.18. The van der Waals surface area contributed by atoms with Gasteiger partial charge in [0.15, 0.2) is 5.96 Å².